The van der Waals surface area contributed by atoms with Crippen molar-refractivity contribution in [3.8, 4) is 0 Å². The summed E-state index contributed by atoms with van der Waals surface area (Å²) in [5, 5.41) is 10.2. The van der Waals surface area contributed by atoms with E-state index in [4.69, 9.17) is 4.42 Å². The third-order valence-electron chi connectivity index (χ3n) is 2.78. The highest BCUT2D eigenvalue weighted by Gasteiger charge is 2.11. The van der Waals surface area contributed by atoms with E-state index >= 15 is 0 Å². The molecule has 0 radical (unpaired) electrons. The first-order chi connectivity index (χ1) is 8.25. The average molecular weight is 234 g/mol. The number of nitrogens with one attached hydrogen (secondary N) is 2. The molecule has 0 aliphatic heterocycles. The molecule has 0 amide bonds. The third-order valence-corrected chi connectivity index (χ3v) is 2.78. The number of furan rings is 1. The molecule has 5 heteroatoms. The molecule has 2 N–H and O–H groups in total. The Balaban J connectivity index is 1.75. The zero-order valence-corrected chi connectivity index (χ0v) is 10.2. The van der Waals surface area contributed by atoms with Gasteiger partial charge in [-0.2, -0.15) is 5.10 Å². The number of H-pyrrole nitrogens is 1. The summed E-state index contributed by atoms with van der Waals surface area (Å²) in [6, 6.07) is 4.52. The van der Waals surface area contributed by atoms with Crippen LogP contribution in [0.4, 0.5) is 0 Å². The zero-order chi connectivity index (χ0) is 12.1. The summed E-state index contributed by atoms with van der Waals surface area (Å²) >= 11 is 0. The predicted octanol–water partition coefficient (Wildman–Crippen LogP) is 2.07. The van der Waals surface area contributed by atoms with Gasteiger partial charge in [-0.15, -0.1) is 0 Å². The van der Waals surface area contributed by atoms with Crippen LogP contribution in [-0.4, -0.2) is 21.2 Å². The Morgan fingerprint density at radius 1 is 1.47 bits per heavy atom. The number of nitrogens with zero attached hydrogens (tertiary/aromatic N) is 2. The first-order valence-corrected chi connectivity index (χ1v) is 5.89. The molecule has 0 aliphatic rings. The highest BCUT2D eigenvalue weighted by molar-refractivity contribution is 4.98. The van der Waals surface area contributed by atoms with E-state index in [-0.39, 0.29) is 6.04 Å². The van der Waals surface area contributed by atoms with E-state index in [1.54, 1.807) is 6.26 Å². The highest BCUT2D eigenvalue weighted by atomic mass is 16.3. The SMILES string of the molecule is CC(CCc1ccco1)NC(C)c1ncn[nH]1. The number of rotatable bonds is 6. The first kappa shape index (κ1) is 11.9. The van der Waals surface area contributed by atoms with Crippen molar-refractivity contribution < 1.29 is 4.42 Å². The lowest BCUT2D eigenvalue weighted by molar-refractivity contribution is 0.423. The Kier molecular flexibility index (Phi) is 3.93. The van der Waals surface area contributed by atoms with Gasteiger partial charge in [-0.3, -0.25) is 5.10 Å². The van der Waals surface area contributed by atoms with Crippen LogP contribution in [0.15, 0.2) is 29.1 Å². The number of aromatic amines is 1. The maximum atomic E-state index is 5.30. The fourth-order valence-electron chi connectivity index (χ4n) is 1.83. The molecule has 92 valence electrons. The number of aryl methyl sites for hydroxylation is 1. The fraction of sp³-hybridized carbons (Fsp3) is 0.500. The second kappa shape index (κ2) is 5.63. The van der Waals surface area contributed by atoms with Crippen LogP contribution in [0.25, 0.3) is 0 Å². The average Bonchev–Trinajstić information content (AvgIpc) is 2.99. The maximum Gasteiger partial charge on any atom is 0.141 e. The van der Waals surface area contributed by atoms with E-state index in [1.807, 2.05) is 12.1 Å². The monoisotopic (exact) mass is 234 g/mol. The fourth-order valence-corrected chi connectivity index (χ4v) is 1.83. The van der Waals surface area contributed by atoms with E-state index in [9.17, 15) is 0 Å². The summed E-state index contributed by atoms with van der Waals surface area (Å²) in [5.41, 5.74) is 0. The van der Waals surface area contributed by atoms with Crippen molar-refractivity contribution in [2.45, 2.75) is 38.8 Å². The molecule has 2 aromatic rings. The second-order valence-corrected chi connectivity index (χ2v) is 4.28. The number of aromatic nitrogens is 3. The van der Waals surface area contributed by atoms with Gasteiger partial charge in [0.15, 0.2) is 0 Å². The topological polar surface area (TPSA) is 66.7 Å². The van der Waals surface area contributed by atoms with Crippen LogP contribution in [0.2, 0.25) is 0 Å². The minimum atomic E-state index is 0.184. The van der Waals surface area contributed by atoms with E-state index in [1.165, 1.54) is 6.33 Å². The molecule has 0 saturated heterocycles. The summed E-state index contributed by atoms with van der Waals surface area (Å²) in [7, 11) is 0. The molecule has 0 bridgehead atoms. The lowest BCUT2D eigenvalue weighted by Gasteiger charge is -2.17. The van der Waals surface area contributed by atoms with Crippen molar-refractivity contribution in [1.82, 2.24) is 20.5 Å². The molecule has 0 saturated carbocycles. The number of hydrogen-bond donors (Lipinski definition) is 2. The van der Waals surface area contributed by atoms with Crippen molar-refractivity contribution in [1.29, 1.82) is 0 Å². The van der Waals surface area contributed by atoms with Gasteiger partial charge < -0.3 is 9.73 Å². The van der Waals surface area contributed by atoms with Crippen molar-refractivity contribution in [2.24, 2.45) is 0 Å². The van der Waals surface area contributed by atoms with Gasteiger partial charge in [0.25, 0.3) is 0 Å². The van der Waals surface area contributed by atoms with Gasteiger partial charge in [-0.05, 0) is 32.4 Å². The lowest BCUT2D eigenvalue weighted by Crippen LogP contribution is -2.30. The Hall–Kier alpha value is -1.62. The van der Waals surface area contributed by atoms with E-state index in [0.29, 0.717) is 6.04 Å². The predicted molar refractivity (Wildman–Crippen MR) is 64.4 cm³/mol. The quantitative estimate of drug-likeness (QED) is 0.803. The Labute approximate surface area is 101 Å². The van der Waals surface area contributed by atoms with Gasteiger partial charge in [-0.25, -0.2) is 4.98 Å². The standard InChI is InChI=1S/C12H18N4O/c1-9(5-6-11-4-3-7-17-11)15-10(2)12-13-8-14-16-12/h3-4,7-10,15H,5-6H2,1-2H3,(H,13,14,16). The zero-order valence-electron chi connectivity index (χ0n) is 10.2. The van der Waals surface area contributed by atoms with Crippen LogP contribution in [0.3, 0.4) is 0 Å². The Morgan fingerprint density at radius 2 is 2.35 bits per heavy atom. The van der Waals surface area contributed by atoms with Crippen LogP contribution in [0.1, 0.15) is 37.9 Å². The molecule has 2 atom stereocenters. The molecule has 0 fully saturated rings. The Morgan fingerprint density at radius 3 is 3.00 bits per heavy atom. The molecule has 2 rings (SSSR count). The van der Waals surface area contributed by atoms with Crippen LogP contribution in [-0.2, 0) is 6.42 Å². The van der Waals surface area contributed by atoms with Crippen molar-refractivity contribution >= 4 is 0 Å². The van der Waals surface area contributed by atoms with Crippen LogP contribution in [0.5, 0.6) is 0 Å². The first-order valence-electron chi connectivity index (χ1n) is 5.89. The van der Waals surface area contributed by atoms with Crippen molar-refractivity contribution in [3.05, 3.63) is 36.3 Å². The van der Waals surface area contributed by atoms with Crippen molar-refractivity contribution in [3.63, 3.8) is 0 Å². The lowest BCUT2D eigenvalue weighted by atomic mass is 10.1. The largest absolute Gasteiger partial charge is 0.469 e. The maximum absolute atomic E-state index is 5.30. The third kappa shape index (κ3) is 3.42. The smallest absolute Gasteiger partial charge is 0.141 e. The Bertz CT molecular complexity index is 410. The summed E-state index contributed by atoms with van der Waals surface area (Å²) in [4.78, 5) is 4.13. The van der Waals surface area contributed by atoms with Crippen LogP contribution >= 0.6 is 0 Å². The van der Waals surface area contributed by atoms with Crippen LogP contribution < -0.4 is 5.32 Å². The van der Waals surface area contributed by atoms with Gasteiger partial charge >= 0.3 is 0 Å². The number of hydrogen-bond acceptors (Lipinski definition) is 4. The molecule has 0 aliphatic carbocycles. The minimum Gasteiger partial charge on any atom is -0.469 e. The van der Waals surface area contributed by atoms with Gasteiger partial charge in [0.2, 0.25) is 0 Å². The molecule has 5 nitrogen and oxygen atoms in total. The molecule has 0 aromatic carbocycles. The van der Waals surface area contributed by atoms with Gasteiger partial charge in [0.1, 0.15) is 17.9 Å². The van der Waals surface area contributed by atoms with Gasteiger partial charge in [0.05, 0.1) is 12.3 Å². The van der Waals surface area contributed by atoms with E-state index in [2.05, 4.69) is 34.3 Å². The molecule has 2 heterocycles. The summed E-state index contributed by atoms with van der Waals surface area (Å²) in [6.45, 7) is 4.24. The summed E-state index contributed by atoms with van der Waals surface area (Å²) in [6.07, 6.45) is 5.22. The molecule has 0 spiro atoms. The highest BCUT2D eigenvalue weighted by Crippen LogP contribution is 2.10. The van der Waals surface area contributed by atoms with Gasteiger partial charge in [-0.1, -0.05) is 0 Å². The normalized spacial score (nSPS) is 14.7. The van der Waals surface area contributed by atoms with E-state index < -0.39 is 0 Å². The van der Waals surface area contributed by atoms with Gasteiger partial charge in [0, 0.05) is 12.5 Å². The molecule has 2 unspecified atom stereocenters. The van der Waals surface area contributed by atoms with E-state index in [0.717, 1.165) is 24.4 Å². The molecule has 2 aromatic heterocycles. The summed E-state index contributed by atoms with van der Waals surface area (Å²) < 4.78 is 5.30. The van der Waals surface area contributed by atoms with Crippen molar-refractivity contribution in [2.75, 3.05) is 0 Å². The minimum absolute atomic E-state index is 0.184. The second-order valence-electron chi connectivity index (χ2n) is 4.28. The summed E-state index contributed by atoms with van der Waals surface area (Å²) in [5.74, 6) is 1.90. The van der Waals surface area contributed by atoms with Crippen LogP contribution in [0, 0.1) is 0 Å². The molecule has 17 heavy (non-hydrogen) atoms. The molecular weight excluding hydrogens is 216 g/mol. The molecular formula is C12H18N4O.